The molecular formula is C22H20N2O5. The van der Waals surface area contributed by atoms with Crippen molar-refractivity contribution in [3.8, 4) is 11.3 Å². The van der Waals surface area contributed by atoms with Gasteiger partial charge in [-0.25, -0.2) is 4.79 Å². The molecule has 0 saturated heterocycles. The molecule has 0 fully saturated rings. The summed E-state index contributed by atoms with van der Waals surface area (Å²) in [5.74, 6) is -0.249. The molecule has 4 rings (SSSR count). The molecule has 0 aliphatic carbocycles. The molecule has 3 aromatic rings. The first-order valence-corrected chi connectivity index (χ1v) is 9.19. The van der Waals surface area contributed by atoms with E-state index in [-0.39, 0.29) is 36.9 Å². The highest BCUT2D eigenvalue weighted by Gasteiger charge is 2.34. The fourth-order valence-corrected chi connectivity index (χ4v) is 3.39. The Morgan fingerprint density at radius 2 is 2.00 bits per heavy atom. The van der Waals surface area contributed by atoms with Gasteiger partial charge in [0.05, 0.1) is 31.5 Å². The van der Waals surface area contributed by atoms with E-state index in [0.29, 0.717) is 17.0 Å². The summed E-state index contributed by atoms with van der Waals surface area (Å²) in [4.78, 5) is 26.3. The number of anilines is 1. The van der Waals surface area contributed by atoms with Gasteiger partial charge < -0.3 is 24.5 Å². The third-order valence-corrected chi connectivity index (χ3v) is 4.82. The number of nitrogens with one attached hydrogen (secondary N) is 1. The van der Waals surface area contributed by atoms with Gasteiger partial charge in [-0.15, -0.1) is 0 Å². The SMILES string of the molecule is COC(=O)C1=C(Nc2cccc3cc(-c4ccccc4)oc23)C(=O)N(CCO)C1. The molecular weight excluding hydrogens is 372 g/mol. The van der Waals surface area contributed by atoms with Crippen molar-refractivity contribution in [2.24, 2.45) is 0 Å². The lowest BCUT2D eigenvalue weighted by Crippen LogP contribution is -2.31. The minimum absolute atomic E-state index is 0.0811. The Bertz CT molecular complexity index is 1100. The molecule has 0 saturated carbocycles. The molecule has 2 aromatic carbocycles. The van der Waals surface area contributed by atoms with E-state index < -0.39 is 5.97 Å². The molecule has 29 heavy (non-hydrogen) atoms. The average Bonchev–Trinajstić information content (AvgIpc) is 3.32. The Labute approximate surface area is 167 Å². The molecule has 7 nitrogen and oxygen atoms in total. The van der Waals surface area contributed by atoms with Crippen LogP contribution in [-0.4, -0.2) is 48.7 Å². The molecule has 0 bridgehead atoms. The van der Waals surface area contributed by atoms with E-state index in [0.717, 1.165) is 10.9 Å². The lowest BCUT2D eigenvalue weighted by Gasteiger charge is -2.15. The van der Waals surface area contributed by atoms with Crippen LogP contribution in [0.1, 0.15) is 0 Å². The highest BCUT2D eigenvalue weighted by atomic mass is 16.5. The second-order valence-electron chi connectivity index (χ2n) is 6.62. The van der Waals surface area contributed by atoms with Gasteiger partial charge in [-0.05, 0) is 12.1 Å². The van der Waals surface area contributed by atoms with Gasteiger partial charge in [0.1, 0.15) is 11.5 Å². The molecule has 2 N–H and O–H groups in total. The fraction of sp³-hybridized carbons (Fsp3) is 0.182. The van der Waals surface area contributed by atoms with Gasteiger partial charge in [0.15, 0.2) is 5.58 Å². The van der Waals surface area contributed by atoms with Crippen molar-refractivity contribution in [2.45, 2.75) is 0 Å². The van der Waals surface area contributed by atoms with Crippen LogP contribution < -0.4 is 5.32 Å². The van der Waals surface area contributed by atoms with E-state index in [9.17, 15) is 14.7 Å². The van der Waals surface area contributed by atoms with E-state index in [2.05, 4.69) is 5.32 Å². The van der Waals surface area contributed by atoms with Crippen molar-refractivity contribution >= 4 is 28.5 Å². The summed E-state index contributed by atoms with van der Waals surface area (Å²) in [6.07, 6.45) is 0. The fourth-order valence-electron chi connectivity index (χ4n) is 3.39. The molecule has 0 radical (unpaired) electrons. The monoisotopic (exact) mass is 392 g/mol. The molecule has 1 aliphatic heterocycles. The van der Waals surface area contributed by atoms with E-state index in [1.165, 1.54) is 12.0 Å². The van der Waals surface area contributed by atoms with Crippen LogP contribution in [0.2, 0.25) is 0 Å². The number of aliphatic hydroxyl groups is 1. The number of carbonyl (C=O) groups excluding carboxylic acids is 2. The Balaban J connectivity index is 1.73. The van der Waals surface area contributed by atoms with E-state index >= 15 is 0 Å². The lowest BCUT2D eigenvalue weighted by molar-refractivity contribution is -0.136. The number of fused-ring (bicyclic) bond motifs is 1. The summed E-state index contributed by atoms with van der Waals surface area (Å²) < 4.78 is 10.9. The number of hydrogen-bond donors (Lipinski definition) is 2. The third-order valence-electron chi connectivity index (χ3n) is 4.82. The lowest BCUT2D eigenvalue weighted by atomic mass is 10.1. The number of aliphatic hydroxyl groups excluding tert-OH is 1. The summed E-state index contributed by atoms with van der Waals surface area (Å²) in [7, 11) is 1.27. The predicted octanol–water partition coefficient (Wildman–Crippen LogP) is 2.77. The number of benzene rings is 2. The van der Waals surface area contributed by atoms with Crippen LogP contribution >= 0.6 is 0 Å². The molecule has 1 amide bonds. The van der Waals surface area contributed by atoms with Crippen LogP contribution in [0.3, 0.4) is 0 Å². The summed E-state index contributed by atoms with van der Waals surface area (Å²) >= 11 is 0. The first-order valence-electron chi connectivity index (χ1n) is 9.19. The van der Waals surface area contributed by atoms with Crippen LogP contribution in [0.15, 0.2) is 70.3 Å². The van der Waals surface area contributed by atoms with Gasteiger partial charge in [-0.1, -0.05) is 42.5 Å². The van der Waals surface area contributed by atoms with Gasteiger partial charge in [-0.2, -0.15) is 0 Å². The standard InChI is InChI=1S/C22H20N2O5/c1-28-22(27)16-13-24(10-11-25)21(26)19(16)23-17-9-5-8-15-12-18(29-20(15)17)14-6-3-2-4-7-14/h2-9,12,23,25H,10-11,13H2,1H3. The number of amides is 1. The Morgan fingerprint density at radius 3 is 2.72 bits per heavy atom. The number of methoxy groups -OCH3 is 1. The van der Waals surface area contributed by atoms with Gasteiger partial charge >= 0.3 is 5.97 Å². The first-order chi connectivity index (χ1) is 14.1. The quantitative estimate of drug-likeness (QED) is 0.627. The Morgan fingerprint density at radius 1 is 1.21 bits per heavy atom. The van der Waals surface area contributed by atoms with E-state index in [1.807, 2.05) is 48.5 Å². The van der Waals surface area contributed by atoms with Gasteiger partial charge in [0, 0.05) is 17.5 Å². The van der Waals surface area contributed by atoms with Crippen molar-refractivity contribution in [2.75, 3.05) is 32.1 Å². The van der Waals surface area contributed by atoms with Crippen molar-refractivity contribution in [3.63, 3.8) is 0 Å². The number of esters is 1. The number of hydrogen-bond acceptors (Lipinski definition) is 6. The van der Waals surface area contributed by atoms with E-state index in [1.54, 1.807) is 6.07 Å². The van der Waals surface area contributed by atoms with Gasteiger partial charge in [0.2, 0.25) is 0 Å². The second-order valence-corrected chi connectivity index (χ2v) is 6.62. The third kappa shape index (κ3) is 3.48. The van der Waals surface area contributed by atoms with Crippen molar-refractivity contribution in [1.82, 2.24) is 4.90 Å². The first kappa shape index (κ1) is 18.8. The second kappa shape index (κ2) is 7.81. The summed E-state index contributed by atoms with van der Waals surface area (Å²) in [5, 5.41) is 13.1. The van der Waals surface area contributed by atoms with Crippen LogP contribution in [0.5, 0.6) is 0 Å². The van der Waals surface area contributed by atoms with Gasteiger partial charge in [0.25, 0.3) is 5.91 Å². The molecule has 148 valence electrons. The maximum Gasteiger partial charge on any atom is 0.337 e. The molecule has 2 heterocycles. The molecule has 1 aromatic heterocycles. The predicted molar refractivity (Wildman–Crippen MR) is 108 cm³/mol. The maximum atomic E-state index is 12.7. The maximum absolute atomic E-state index is 12.7. The molecule has 7 heteroatoms. The Hall–Kier alpha value is -3.58. The smallest absolute Gasteiger partial charge is 0.337 e. The van der Waals surface area contributed by atoms with Crippen LogP contribution in [0, 0.1) is 0 Å². The topological polar surface area (TPSA) is 92.0 Å². The minimum Gasteiger partial charge on any atom is -0.466 e. The number of para-hydroxylation sites is 1. The largest absolute Gasteiger partial charge is 0.466 e. The molecule has 0 atom stereocenters. The number of nitrogens with zero attached hydrogens (tertiary/aromatic N) is 1. The summed E-state index contributed by atoms with van der Waals surface area (Å²) in [6.45, 7) is 0.0209. The van der Waals surface area contributed by atoms with Crippen LogP contribution in [0.4, 0.5) is 5.69 Å². The number of ether oxygens (including phenoxy) is 1. The average molecular weight is 392 g/mol. The van der Waals surface area contributed by atoms with Gasteiger partial charge in [-0.3, -0.25) is 4.79 Å². The number of furan rings is 1. The van der Waals surface area contributed by atoms with Crippen molar-refractivity contribution in [1.29, 1.82) is 0 Å². The van der Waals surface area contributed by atoms with Crippen molar-refractivity contribution in [3.05, 3.63) is 65.9 Å². The Kier molecular flexibility index (Phi) is 5.05. The zero-order chi connectivity index (χ0) is 20.4. The zero-order valence-corrected chi connectivity index (χ0v) is 15.8. The normalized spacial score (nSPS) is 14.0. The van der Waals surface area contributed by atoms with Crippen LogP contribution in [0.25, 0.3) is 22.3 Å². The number of β-amino-alcohol motifs (C(OH)–C–C–N with tert-alkyl or cyclic N) is 1. The molecule has 1 aliphatic rings. The van der Waals surface area contributed by atoms with Crippen molar-refractivity contribution < 1.29 is 23.8 Å². The zero-order valence-electron chi connectivity index (χ0n) is 15.8. The molecule has 0 spiro atoms. The molecule has 0 unspecified atom stereocenters. The van der Waals surface area contributed by atoms with E-state index in [4.69, 9.17) is 9.15 Å². The number of carbonyl (C=O) groups is 2. The number of rotatable bonds is 6. The van der Waals surface area contributed by atoms with Crippen LogP contribution in [-0.2, 0) is 14.3 Å². The summed E-state index contributed by atoms with van der Waals surface area (Å²) in [5.41, 5.74) is 2.44. The highest BCUT2D eigenvalue weighted by Crippen LogP contribution is 2.34. The minimum atomic E-state index is -0.585. The summed E-state index contributed by atoms with van der Waals surface area (Å²) in [6, 6.07) is 17.2. The highest BCUT2D eigenvalue weighted by molar-refractivity contribution is 6.09.